The Labute approximate surface area is 162 Å². The molecule has 0 aliphatic carbocycles. The van der Waals surface area contributed by atoms with Gasteiger partial charge in [-0.2, -0.15) is 0 Å². The van der Waals surface area contributed by atoms with Crippen molar-refractivity contribution >= 4 is 0 Å². The van der Waals surface area contributed by atoms with Crippen molar-refractivity contribution < 1.29 is 0 Å². The largest absolute Gasteiger partial charge is 0.0620 e. The molecule has 0 nitrogen and oxygen atoms in total. The zero-order valence-electron chi connectivity index (χ0n) is 18.5. The lowest BCUT2D eigenvalue weighted by Crippen LogP contribution is -2.25. The second-order valence-electron chi connectivity index (χ2n) is 10.5. The second kappa shape index (κ2) is 7.22. The van der Waals surface area contributed by atoms with Crippen LogP contribution in [0.3, 0.4) is 0 Å². The zero-order valence-corrected chi connectivity index (χ0v) is 18.5. The fraction of sp³-hybridized carbons (Fsp3) is 0.538. The smallest absolute Gasteiger partial charge is 0.00629 e. The molecule has 26 heavy (non-hydrogen) atoms. The second-order valence-corrected chi connectivity index (χ2v) is 10.5. The Kier molecular flexibility index (Phi) is 5.76. The van der Waals surface area contributed by atoms with Crippen LogP contribution in [0.2, 0.25) is 0 Å². The quantitative estimate of drug-likeness (QED) is 0.540. The van der Waals surface area contributed by atoms with Crippen LogP contribution in [-0.2, 0) is 29.1 Å². The zero-order chi connectivity index (χ0) is 19.8. The van der Waals surface area contributed by atoms with Crippen molar-refractivity contribution in [2.45, 2.75) is 91.4 Å². The summed E-state index contributed by atoms with van der Waals surface area (Å²) in [5, 5.41) is 0. The molecule has 0 bridgehead atoms. The molecule has 0 saturated heterocycles. The van der Waals surface area contributed by atoms with Crippen LogP contribution < -0.4 is 0 Å². The van der Waals surface area contributed by atoms with E-state index in [2.05, 4.69) is 105 Å². The van der Waals surface area contributed by atoms with Gasteiger partial charge in [0.1, 0.15) is 0 Å². The molecule has 0 spiro atoms. The van der Waals surface area contributed by atoms with Crippen molar-refractivity contribution in [3.8, 4) is 0 Å². The minimum atomic E-state index is 0.104. The number of benzene rings is 2. The third kappa shape index (κ3) is 4.78. The van der Waals surface area contributed by atoms with Gasteiger partial charge >= 0.3 is 0 Å². The standard InChI is InChI=1S/C26H38/c1-10-19-13-11-12-14-20(19)18-26(8,9)23-16-21(24(2,3)4)15-22(17-23)25(5,6)7/h11-17H,10,18H2,1-9H3. The van der Waals surface area contributed by atoms with Crippen molar-refractivity contribution in [3.63, 3.8) is 0 Å². The van der Waals surface area contributed by atoms with Gasteiger partial charge in [-0.25, -0.2) is 0 Å². The molecule has 0 heterocycles. The average Bonchev–Trinajstić information content (AvgIpc) is 2.53. The van der Waals surface area contributed by atoms with Crippen LogP contribution in [0.5, 0.6) is 0 Å². The highest BCUT2D eigenvalue weighted by molar-refractivity contribution is 5.41. The molecule has 0 fully saturated rings. The maximum atomic E-state index is 2.45. The summed E-state index contributed by atoms with van der Waals surface area (Å²) in [5.41, 5.74) is 7.73. The summed E-state index contributed by atoms with van der Waals surface area (Å²) in [6.45, 7) is 21.0. The fourth-order valence-corrected chi connectivity index (χ4v) is 3.54. The highest BCUT2D eigenvalue weighted by Gasteiger charge is 2.27. The summed E-state index contributed by atoms with van der Waals surface area (Å²) in [6, 6.07) is 16.2. The lowest BCUT2D eigenvalue weighted by atomic mass is 9.72. The van der Waals surface area contributed by atoms with Gasteiger partial charge in [0, 0.05) is 0 Å². The van der Waals surface area contributed by atoms with Gasteiger partial charge < -0.3 is 0 Å². The summed E-state index contributed by atoms with van der Waals surface area (Å²) >= 11 is 0. The Hall–Kier alpha value is -1.56. The SMILES string of the molecule is CCc1ccccc1CC(C)(C)c1cc(C(C)(C)C)cc(C(C)(C)C)c1. The summed E-state index contributed by atoms with van der Waals surface area (Å²) in [6.07, 6.45) is 2.18. The minimum Gasteiger partial charge on any atom is -0.0620 e. The molecule has 0 aliphatic rings. The van der Waals surface area contributed by atoms with Crippen molar-refractivity contribution in [2.24, 2.45) is 0 Å². The highest BCUT2D eigenvalue weighted by Crippen LogP contribution is 2.36. The van der Waals surface area contributed by atoms with Gasteiger partial charge in [-0.05, 0) is 56.9 Å². The van der Waals surface area contributed by atoms with E-state index in [0.717, 1.165) is 12.8 Å². The third-order valence-corrected chi connectivity index (χ3v) is 5.58. The molecular formula is C26H38. The molecule has 142 valence electrons. The van der Waals surface area contributed by atoms with Crippen LogP contribution in [-0.4, -0.2) is 0 Å². The summed E-state index contributed by atoms with van der Waals surface area (Å²) in [4.78, 5) is 0. The van der Waals surface area contributed by atoms with E-state index in [1.54, 1.807) is 0 Å². The van der Waals surface area contributed by atoms with Crippen molar-refractivity contribution in [1.29, 1.82) is 0 Å². The minimum absolute atomic E-state index is 0.104. The molecule has 2 rings (SSSR count). The van der Waals surface area contributed by atoms with Gasteiger partial charge in [-0.3, -0.25) is 0 Å². The average molecular weight is 351 g/mol. The molecule has 0 N–H and O–H groups in total. The Balaban J connectivity index is 2.54. The van der Waals surface area contributed by atoms with Gasteiger partial charge in [0.05, 0.1) is 0 Å². The Bertz CT molecular complexity index is 716. The lowest BCUT2D eigenvalue weighted by molar-refractivity contribution is 0.508. The summed E-state index contributed by atoms with van der Waals surface area (Å²) in [5.74, 6) is 0. The third-order valence-electron chi connectivity index (χ3n) is 5.58. The van der Waals surface area contributed by atoms with Gasteiger partial charge in [0.25, 0.3) is 0 Å². The predicted molar refractivity (Wildman–Crippen MR) is 116 cm³/mol. The Morgan fingerprint density at radius 3 is 1.46 bits per heavy atom. The molecule has 0 radical (unpaired) electrons. The van der Waals surface area contributed by atoms with Crippen LogP contribution in [0.25, 0.3) is 0 Å². The summed E-state index contributed by atoms with van der Waals surface area (Å²) in [7, 11) is 0. The van der Waals surface area contributed by atoms with Crippen LogP contribution in [0.1, 0.15) is 90.1 Å². The van der Waals surface area contributed by atoms with E-state index in [-0.39, 0.29) is 16.2 Å². The lowest BCUT2D eigenvalue weighted by Gasteiger charge is -2.32. The first-order chi connectivity index (χ1) is 11.8. The number of hydrogen-bond donors (Lipinski definition) is 0. The summed E-state index contributed by atoms with van der Waals surface area (Å²) < 4.78 is 0. The van der Waals surface area contributed by atoms with E-state index in [4.69, 9.17) is 0 Å². The monoisotopic (exact) mass is 350 g/mol. The van der Waals surface area contributed by atoms with E-state index in [9.17, 15) is 0 Å². The van der Waals surface area contributed by atoms with Crippen LogP contribution in [0.15, 0.2) is 42.5 Å². The fourth-order valence-electron chi connectivity index (χ4n) is 3.54. The number of rotatable bonds is 4. The molecule has 0 aromatic heterocycles. The molecule has 0 aliphatic heterocycles. The van der Waals surface area contributed by atoms with Gasteiger partial charge in [0.2, 0.25) is 0 Å². The highest BCUT2D eigenvalue weighted by atomic mass is 14.3. The number of aryl methyl sites for hydroxylation is 1. The Morgan fingerprint density at radius 2 is 1.04 bits per heavy atom. The molecular weight excluding hydrogens is 312 g/mol. The first-order valence-corrected chi connectivity index (χ1v) is 10.1. The van der Waals surface area contributed by atoms with E-state index in [1.165, 1.54) is 27.8 Å². The van der Waals surface area contributed by atoms with Crippen LogP contribution in [0, 0.1) is 0 Å². The molecule has 0 atom stereocenters. The van der Waals surface area contributed by atoms with Gasteiger partial charge in [-0.15, -0.1) is 0 Å². The van der Waals surface area contributed by atoms with Crippen LogP contribution >= 0.6 is 0 Å². The van der Waals surface area contributed by atoms with Crippen molar-refractivity contribution in [3.05, 3.63) is 70.3 Å². The van der Waals surface area contributed by atoms with E-state index < -0.39 is 0 Å². The molecule has 2 aromatic carbocycles. The maximum absolute atomic E-state index is 2.45. The van der Waals surface area contributed by atoms with Crippen molar-refractivity contribution in [1.82, 2.24) is 0 Å². The first-order valence-electron chi connectivity index (χ1n) is 10.1. The van der Waals surface area contributed by atoms with Crippen LogP contribution in [0.4, 0.5) is 0 Å². The Morgan fingerprint density at radius 1 is 0.615 bits per heavy atom. The predicted octanol–water partition coefficient (Wildman–Crippen LogP) is 7.36. The number of hydrogen-bond acceptors (Lipinski definition) is 0. The maximum Gasteiger partial charge on any atom is -0.00629 e. The molecule has 2 aromatic rings. The molecule has 0 amide bonds. The topological polar surface area (TPSA) is 0 Å². The first kappa shape index (κ1) is 20.7. The normalized spacial score (nSPS) is 13.1. The van der Waals surface area contributed by atoms with E-state index in [1.807, 2.05) is 0 Å². The van der Waals surface area contributed by atoms with E-state index >= 15 is 0 Å². The van der Waals surface area contributed by atoms with E-state index in [0.29, 0.717) is 0 Å². The van der Waals surface area contributed by atoms with Crippen molar-refractivity contribution in [2.75, 3.05) is 0 Å². The molecule has 0 unspecified atom stereocenters. The molecule has 0 saturated carbocycles. The van der Waals surface area contributed by atoms with Gasteiger partial charge in [0.15, 0.2) is 0 Å². The van der Waals surface area contributed by atoms with Gasteiger partial charge in [-0.1, -0.05) is 105 Å². The molecule has 0 heteroatoms.